The largest absolute Gasteiger partial charge is 0.363 e. The standard InChI is InChI=1S/C22H18N4O4/c27-25(28)21-5-1-3-19(9-21)23-11-15-7-17-13-24(14-18(17)8-16(15)12-23)20-4-2-6-22(10-20)26(29)30/h1-10H,11-14H2. The molecule has 2 heterocycles. The number of rotatable bonds is 4. The van der Waals surface area contributed by atoms with E-state index in [9.17, 15) is 20.2 Å². The maximum Gasteiger partial charge on any atom is 0.271 e. The monoisotopic (exact) mass is 402 g/mol. The van der Waals surface area contributed by atoms with Gasteiger partial charge in [0.15, 0.2) is 0 Å². The lowest BCUT2D eigenvalue weighted by Crippen LogP contribution is -2.15. The molecule has 0 unspecified atom stereocenters. The first-order valence-electron chi connectivity index (χ1n) is 9.60. The Hall–Kier alpha value is -3.94. The van der Waals surface area contributed by atoms with Crippen molar-refractivity contribution in [3.8, 4) is 0 Å². The van der Waals surface area contributed by atoms with E-state index >= 15 is 0 Å². The van der Waals surface area contributed by atoms with Crippen LogP contribution in [0.2, 0.25) is 0 Å². The molecule has 0 N–H and O–H groups in total. The first-order chi connectivity index (χ1) is 14.5. The molecular weight excluding hydrogens is 384 g/mol. The molecule has 5 rings (SSSR count). The van der Waals surface area contributed by atoms with Crippen LogP contribution in [0.4, 0.5) is 22.7 Å². The van der Waals surface area contributed by atoms with Gasteiger partial charge < -0.3 is 9.80 Å². The second kappa shape index (κ2) is 6.84. The third-order valence-corrected chi connectivity index (χ3v) is 5.78. The molecular formula is C22H18N4O4. The number of non-ortho nitro benzene ring substituents is 2. The van der Waals surface area contributed by atoms with E-state index in [1.807, 2.05) is 12.1 Å². The summed E-state index contributed by atoms with van der Waals surface area (Å²) in [6.07, 6.45) is 0. The van der Waals surface area contributed by atoms with Gasteiger partial charge in [-0.3, -0.25) is 20.2 Å². The maximum atomic E-state index is 11.1. The van der Waals surface area contributed by atoms with E-state index in [0.29, 0.717) is 26.2 Å². The van der Waals surface area contributed by atoms with Crippen LogP contribution >= 0.6 is 0 Å². The lowest BCUT2D eigenvalue weighted by Gasteiger charge is -2.18. The molecule has 0 amide bonds. The Morgan fingerprint density at radius 2 is 0.967 bits per heavy atom. The number of hydrogen-bond donors (Lipinski definition) is 0. The van der Waals surface area contributed by atoms with Crippen molar-refractivity contribution in [2.75, 3.05) is 9.80 Å². The quantitative estimate of drug-likeness (QED) is 0.470. The number of nitro benzene ring substituents is 2. The van der Waals surface area contributed by atoms with Gasteiger partial charge in [0.25, 0.3) is 11.4 Å². The van der Waals surface area contributed by atoms with Gasteiger partial charge in [-0.25, -0.2) is 0 Å². The minimum Gasteiger partial charge on any atom is -0.363 e. The predicted molar refractivity (Wildman–Crippen MR) is 112 cm³/mol. The van der Waals surface area contributed by atoms with Crippen LogP contribution in [0.25, 0.3) is 0 Å². The highest BCUT2D eigenvalue weighted by Crippen LogP contribution is 2.36. The molecule has 0 fully saturated rings. The summed E-state index contributed by atoms with van der Waals surface area (Å²) in [6, 6.07) is 17.9. The van der Waals surface area contributed by atoms with E-state index < -0.39 is 0 Å². The fourth-order valence-electron chi connectivity index (χ4n) is 4.29. The van der Waals surface area contributed by atoms with Gasteiger partial charge >= 0.3 is 0 Å². The average molecular weight is 402 g/mol. The first kappa shape index (κ1) is 18.1. The van der Waals surface area contributed by atoms with Crippen LogP contribution in [-0.2, 0) is 26.2 Å². The third kappa shape index (κ3) is 3.12. The summed E-state index contributed by atoms with van der Waals surface area (Å²) < 4.78 is 0. The lowest BCUT2D eigenvalue weighted by molar-refractivity contribution is -0.385. The molecule has 0 saturated heterocycles. The molecule has 8 heteroatoms. The summed E-state index contributed by atoms with van der Waals surface area (Å²) >= 11 is 0. The zero-order chi connectivity index (χ0) is 20.8. The Balaban J connectivity index is 1.37. The maximum absolute atomic E-state index is 11.1. The van der Waals surface area contributed by atoms with Crippen LogP contribution in [0.15, 0.2) is 60.7 Å². The van der Waals surface area contributed by atoms with Gasteiger partial charge in [-0.2, -0.15) is 0 Å². The Kier molecular flexibility index (Phi) is 4.13. The van der Waals surface area contributed by atoms with Gasteiger partial charge in [-0.05, 0) is 34.4 Å². The van der Waals surface area contributed by atoms with Crippen molar-refractivity contribution in [2.45, 2.75) is 26.2 Å². The van der Waals surface area contributed by atoms with Crippen LogP contribution in [0.5, 0.6) is 0 Å². The van der Waals surface area contributed by atoms with Crippen LogP contribution in [0, 0.1) is 20.2 Å². The summed E-state index contributed by atoms with van der Waals surface area (Å²) in [5, 5.41) is 22.1. The topological polar surface area (TPSA) is 92.8 Å². The normalized spacial score (nSPS) is 14.5. The van der Waals surface area contributed by atoms with Gasteiger partial charge in [0.2, 0.25) is 0 Å². The molecule has 0 radical (unpaired) electrons. The number of nitro groups is 2. The second-order valence-electron chi connectivity index (χ2n) is 7.66. The molecule has 150 valence electrons. The number of nitrogens with zero attached hydrogens (tertiary/aromatic N) is 4. The van der Waals surface area contributed by atoms with Crippen LogP contribution < -0.4 is 9.80 Å². The molecule has 0 aliphatic carbocycles. The average Bonchev–Trinajstić information content (AvgIpc) is 3.35. The van der Waals surface area contributed by atoms with Gasteiger partial charge in [-0.1, -0.05) is 24.3 Å². The van der Waals surface area contributed by atoms with Crippen molar-refractivity contribution >= 4 is 22.7 Å². The highest BCUT2D eigenvalue weighted by molar-refractivity contribution is 5.60. The van der Waals surface area contributed by atoms with Gasteiger partial charge in [-0.15, -0.1) is 0 Å². The smallest absolute Gasteiger partial charge is 0.271 e. The van der Waals surface area contributed by atoms with Crippen molar-refractivity contribution < 1.29 is 9.85 Å². The zero-order valence-corrected chi connectivity index (χ0v) is 16.0. The van der Waals surface area contributed by atoms with Gasteiger partial charge in [0, 0.05) is 61.8 Å². The molecule has 2 aliphatic rings. The van der Waals surface area contributed by atoms with Crippen molar-refractivity contribution in [3.05, 3.63) is 103 Å². The highest BCUT2D eigenvalue weighted by Gasteiger charge is 2.27. The van der Waals surface area contributed by atoms with Crippen molar-refractivity contribution in [3.63, 3.8) is 0 Å². The van der Waals surface area contributed by atoms with E-state index in [0.717, 1.165) is 11.4 Å². The van der Waals surface area contributed by atoms with Crippen molar-refractivity contribution in [2.24, 2.45) is 0 Å². The molecule has 3 aromatic rings. The molecule has 0 aromatic heterocycles. The van der Waals surface area contributed by atoms with Gasteiger partial charge in [0.1, 0.15) is 0 Å². The Bertz CT molecular complexity index is 1070. The molecule has 0 bridgehead atoms. The van der Waals surface area contributed by atoms with E-state index in [1.165, 1.54) is 34.4 Å². The lowest BCUT2D eigenvalue weighted by atomic mass is 10.0. The van der Waals surface area contributed by atoms with Crippen LogP contribution in [-0.4, -0.2) is 9.85 Å². The fourth-order valence-corrected chi connectivity index (χ4v) is 4.29. The number of benzene rings is 3. The number of hydrogen-bond acceptors (Lipinski definition) is 6. The Morgan fingerprint density at radius 3 is 1.30 bits per heavy atom. The minimum atomic E-state index is -0.371. The van der Waals surface area contributed by atoms with Crippen LogP contribution in [0.1, 0.15) is 22.3 Å². The molecule has 3 aromatic carbocycles. The zero-order valence-electron chi connectivity index (χ0n) is 16.0. The Labute approximate surface area is 172 Å². The third-order valence-electron chi connectivity index (χ3n) is 5.78. The van der Waals surface area contributed by atoms with Crippen molar-refractivity contribution in [1.29, 1.82) is 0 Å². The molecule has 2 aliphatic heterocycles. The summed E-state index contributed by atoms with van der Waals surface area (Å²) in [5.41, 5.74) is 6.78. The van der Waals surface area contributed by atoms with Crippen LogP contribution in [0.3, 0.4) is 0 Å². The van der Waals surface area contributed by atoms with E-state index in [2.05, 4.69) is 21.9 Å². The molecule has 0 saturated carbocycles. The number of anilines is 2. The summed E-state index contributed by atoms with van der Waals surface area (Å²) in [4.78, 5) is 25.7. The Morgan fingerprint density at radius 1 is 0.600 bits per heavy atom. The highest BCUT2D eigenvalue weighted by atomic mass is 16.6. The minimum absolute atomic E-state index is 0.0959. The van der Waals surface area contributed by atoms with E-state index in [4.69, 9.17) is 0 Å². The summed E-state index contributed by atoms with van der Waals surface area (Å²) in [5.74, 6) is 0. The van der Waals surface area contributed by atoms with E-state index in [1.54, 1.807) is 24.3 Å². The predicted octanol–water partition coefficient (Wildman–Crippen LogP) is 4.54. The number of fused-ring (bicyclic) bond motifs is 2. The first-order valence-corrected chi connectivity index (χ1v) is 9.60. The van der Waals surface area contributed by atoms with E-state index in [-0.39, 0.29) is 21.2 Å². The summed E-state index contributed by atoms with van der Waals surface area (Å²) in [6.45, 7) is 2.84. The van der Waals surface area contributed by atoms with Crippen molar-refractivity contribution in [1.82, 2.24) is 0 Å². The molecule has 0 atom stereocenters. The van der Waals surface area contributed by atoms with Gasteiger partial charge in [0.05, 0.1) is 9.85 Å². The molecule has 30 heavy (non-hydrogen) atoms. The molecule has 0 spiro atoms. The summed E-state index contributed by atoms with van der Waals surface area (Å²) in [7, 11) is 0. The fraction of sp³-hybridized carbons (Fsp3) is 0.182. The SMILES string of the molecule is O=[N+]([O-])c1cccc(N2Cc3cc4c(cc3C2)CN(c2cccc([N+](=O)[O-])c2)C4)c1. The molecule has 8 nitrogen and oxygen atoms in total. The second-order valence-corrected chi connectivity index (χ2v) is 7.66.